The maximum atomic E-state index is 12.0. The van der Waals surface area contributed by atoms with E-state index in [2.05, 4.69) is 17.4 Å². The van der Waals surface area contributed by atoms with Crippen molar-refractivity contribution < 1.29 is 9.35 Å². The molecule has 4 heteroatoms. The van der Waals surface area contributed by atoms with E-state index in [4.69, 9.17) is 0 Å². The Morgan fingerprint density at radius 3 is 2.53 bits per heavy atom. The lowest BCUT2D eigenvalue weighted by Crippen LogP contribution is -2.35. The molecule has 0 fully saturated rings. The summed E-state index contributed by atoms with van der Waals surface area (Å²) in [4.78, 5) is 11.4. The van der Waals surface area contributed by atoms with E-state index in [-0.39, 0.29) is 16.9 Å². The summed E-state index contributed by atoms with van der Waals surface area (Å²) in [5, 5.41) is 2.80. The molecule has 0 spiro atoms. The SMILES string of the molecule is CCNC(=O)C[S+]([O-])C1Cc2ccccc2C1. The molecule has 0 saturated heterocycles. The van der Waals surface area contributed by atoms with Gasteiger partial charge in [-0.25, -0.2) is 0 Å². The molecule has 0 bridgehead atoms. The molecule has 1 N–H and O–H groups in total. The van der Waals surface area contributed by atoms with Crippen molar-refractivity contribution in [3.63, 3.8) is 0 Å². The summed E-state index contributed by atoms with van der Waals surface area (Å²) < 4.78 is 12.0. The molecule has 0 aromatic heterocycles. The molecule has 1 aromatic carbocycles. The van der Waals surface area contributed by atoms with Gasteiger partial charge in [-0.1, -0.05) is 24.3 Å². The fourth-order valence-electron chi connectivity index (χ4n) is 2.20. The van der Waals surface area contributed by atoms with E-state index in [9.17, 15) is 9.35 Å². The van der Waals surface area contributed by atoms with Crippen molar-refractivity contribution in [2.75, 3.05) is 12.3 Å². The number of benzene rings is 1. The van der Waals surface area contributed by atoms with E-state index >= 15 is 0 Å². The van der Waals surface area contributed by atoms with Gasteiger partial charge in [-0.3, -0.25) is 4.79 Å². The molecule has 2 rings (SSSR count). The van der Waals surface area contributed by atoms with Gasteiger partial charge >= 0.3 is 0 Å². The quantitative estimate of drug-likeness (QED) is 0.813. The average Bonchev–Trinajstić information content (AvgIpc) is 2.72. The molecule has 1 unspecified atom stereocenters. The minimum absolute atomic E-state index is 0.106. The van der Waals surface area contributed by atoms with Gasteiger partial charge in [-0.05, 0) is 29.2 Å². The van der Waals surface area contributed by atoms with Crippen LogP contribution < -0.4 is 5.32 Å². The van der Waals surface area contributed by atoms with Gasteiger partial charge in [0.15, 0.2) is 5.75 Å². The van der Waals surface area contributed by atoms with Crippen LogP contribution in [-0.4, -0.2) is 28.0 Å². The second kappa shape index (κ2) is 5.56. The van der Waals surface area contributed by atoms with E-state index < -0.39 is 11.2 Å². The van der Waals surface area contributed by atoms with E-state index in [0.29, 0.717) is 6.54 Å². The Hall–Kier alpha value is -1.00. The van der Waals surface area contributed by atoms with Crippen molar-refractivity contribution in [1.29, 1.82) is 0 Å². The van der Waals surface area contributed by atoms with Crippen LogP contribution in [0.3, 0.4) is 0 Å². The van der Waals surface area contributed by atoms with Gasteiger partial charge in [-0.15, -0.1) is 0 Å². The first-order chi connectivity index (χ1) is 8.20. The van der Waals surface area contributed by atoms with Crippen molar-refractivity contribution in [2.45, 2.75) is 25.0 Å². The van der Waals surface area contributed by atoms with Crippen LogP contribution in [0, 0.1) is 0 Å². The molecule has 1 aliphatic carbocycles. The number of carbonyl (C=O) groups is 1. The molecule has 3 nitrogen and oxygen atoms in total. The Morgan fingerprint density at radius 1 is 1.41 bits per heavy atom. The van der Waals surface area contributed by atoms with Crippen LogP contribution in [0.2, 0.25) is 0 Å². The van der Waals surface area contributed by atoms with Crippen LogP contribution in [0.25, 0.3) is 0 Å². The molecular weight excluding hydrogens is 234 g/mol. The number of nitrogens with one attached hydrogen (secondary N) is 1. The molecule has 1 amide bonds. The number of amides is 1. The molecular formula is C13H17NO2S. The zero-order valence-electron chi connectivity index (χ0n) is 9.94. The standard InChI is InChI=1S/C13H17NO2S/c1-2-14-13(15)9-17(16)12-7-10-5-3-4-6-11(10)8-12/h3-6,12H,2,7-9H2,1H3,(H,14,15). The zero-order valence-corrected chi connectivity index (χ0v) is 10.8. The molecule has 17 heavy (non-hydrogen) atoms. The second-order valence-corrected chi connectivity index (χ2v) is 5.99. The van der Waals surface area contributed by atoms with Crippen molar-refractivity contribution in [1.82, 2.24) is 5.32 Å². The first kappa shape index (κ1) is 12.5. The molecule has 92 valence electrons. The lowest BCUT2D eigenvalue weighted by atomic mass is 10.1. The highest BCUT2D eigenvalue weighted by atomic mass is 32.2. The van der Waals surface area contributed by atoms with E-state index in [0.717, 1.165) is 12.8 Å². The normalized spacial score (nSPS) is 16.6. The molecule has 1 aromatic rings. The number of hydrogen-bond acceptors (Lipinski definition) is 2. The van der Waals surface area contributed by atoms with Crippen LogP contribution in [0.4, 0.5) is 0 Å². The highest BCUT2D eigenvalue weighted by Crippen LogP contribution is 2.26. The first-order valence-corrected chi connectivity index (χ1v) is 7.29. The molecule has 0 radical (unpaired) electrons. The predicted molar refractivity (Wildman–Crippen MR) is 69.3 cm³/mol. The highest BCUT2D eigenvalue weighted by molar-refractivity contribution is 7.92. The third-order valence-electron chi connectivity index (χ3n) is 3.03. The molecule has 1 atom stereocenters. The van der Waals surface area contributed by atoms with Crippen LogP contribution in [0.15, 0.2) is 24.3 Å². The number of fused-ring (bicyclic) bond motifs is 1. The maximum absolute atomic E-state index is 12.0. The lowest BCUT2D eigenvalue weighted by Gasteiger charge is -2.16. The summed E-state index contributed by atoms with van der Waals surface area (Å²) >= 11 is -1.07. The smallest absolute Gasteiger partial charge is 0.269 e. The number of hydrogen-bond donors (Lipinski definition) is 1. The van der Waals surface area contributed by atoms with Crippen molar-refractivity contribution in [3.05, 3.63) is 35.4 Å². The summed E-state index contributed by atoms with van der Waals surface area (Å²) in [5.41, 5.74) is 2.56. The van der Waals surface area contributed by atoms with Gasteiger partial charge in [0, 0.05) is 19.4 Å². The summed E-state index contributed by atoms with van der Waals surface area (Å²) in [5.74, 6) is 0.0220. The molecule has 0 aliphatic heterocycles. The minimum Gasteiger partial charge on any atom is -0.616 e. The van der Waals surface area contributed by atoms with Gasteiger partial charge in [0.1, 0.15) is 5.25 Å². The van der Waals surface area contributed by atoms with Gasteiger partial charge in [0.25, 0.3) is 5.91 Å². The molecule has 0 saturated carbocycles. The number of rotatable bonds is 4. The first-order valence-electron chi connectivity index (χ1n) is 5.91. The highest BCUT2D eigenvalue weighted by Gasteiger charge is 2.31. The van der Waals surface area contributed by atoms with E-state index in [1.807, 2.05) is 19.1 Å². The summed E-state index contributed by atoms with van der Waals surface area (Å²) in [7, 11) is 0. The Balaban J connectivity index is 1.92. The summed E-state index contributed by atoms with van der Waals surface area (Å²) in [6.07, 6.45) is 1.67. The average molecular weight is 251 g/mol. The second-order valence-electron chi connectivity index (χ2n) is 4.28. The zero-order chi connectivity index (χ0) is 12.3. The van der Waals surface area contributed by atoms with Crippen molar-refractivity contribution in [3.8, 4) is 0 Å². The lowest BCUT2D eigenvalue weighted by molar-refractivity contribution is -0.118. The topological polar surface area (TPSA) is 52.2 Å². The minimum atomic E-state index is -1.07. The van der Waals surface area contributed by atoms with Crippen LogP contribution in [0.1, 0.15) is 18.1 Å². The maximum Gasteiger partial charge on any atom is 0.269 e. The molecule has 1 aliphatic rings. The Labute approximate surface area is 105 Å². The fourth-order valence-corrected chi connectivity index (χ4v) is 3.53. The van der Waals surface area contributed by atoms with Gasteiger partial charge in [0.05, 0.1) is 0 Å². The Kier molecular flexibility index (Phi) is 4.07. The fraction of sp³-hybridized carbons (Fsp3) is 0.462. The van der Waals surface area contributed by atoms with Gasteiger partial charge in [-0.2, -0.15) is 0 Å². The van der Waals surface area contributed by atoms with E-state index in [1.165, 1.54) is 11.1 Å². The Morgan fingerprint density at radius 2 is 2.00 bits per heavy atom. The van der Waals surface area contributed by atoms with E-state index in [1.54, 1.807) is 0 Å². The van der Waals surface area contributed by atoms with Crippen LogP contribution >= 0.6 is 0 Å². The van der Waals surface area contributed by atoms with Crippen LogP contribution in [-0.2, 0) is 28.8 Å². The predicted octanol–water partition coefficient (Wildman–Crippen LogP) is 1.04. The third-order valence-corrected chi connectivity index (χ3v) is 4.66. The van der Waals surface area contributed by atoms with Gasteiger partial charge in [0.2, 0.25) is 0 Å². The third kappa shape index (κ3) is 3.01. The largest absolute Gasteiger partial charge is 0.616 e. The monoisotopic (exact) mass is 251 g/mol. The van der Waals surface area contributed by atoms with Crippen LogP contribution in [0.5, 0.6) is 0 Å². The van der Waals surface area contributed by atoms with Crippen molar-refractivity contribution in [2.24, 2.45) is 0 Å². The summed E-state index contributed by atoms with van der Waals surface area (Å²) in [6.45, 7) is 2.47. The number of carbonyl (C=O) groups excluding carboxylic acids is 1. The Bertz CT molecular complexity index is 383. The molecule has 0 heterocycles. The van der Waals surface area contributed by atoms with Crippen molar-refractivity contribution >= 4 is 17.1 Å². The van der Waals surface area contributed by atoms with Gasteiger partial charge < -0.3 is 9.87 Å². The summed E-state index contributed by atoms with van der Waals surface area (Å²) in [6, 6.07) is 8.18.